The van der Waals surface area contributed by atoms with Gasteiger partial charge in [0.05, 0.1) is 6.04 Å². The van der Waals surface area contributed by atoms with Crippen LogP contribution in [0.15, 0.2) is 29.0 Å². The number of fused-ring (bicyclic) bond motifs is 1. The quantitative estimate of drug-likeness (QED) is 0.725. The number of hydrogen-bond donors (Lipinski definition) is 3. The highest BCUT2D eigenvalue weighted by Crippen LogP contribution is 2.22. The third-order valence-electron chi connectivity index (χ3n) is 2.94. The number of benzene rings is 1. The monoisotopic (exact) mass is 249 g/mol. The number of rotatable bonds is 5. The molecule has 2 unspecified atom stereocenters. The van der Waals surface area contributed by atoms with Gasteiger partial charge in [-0.05, 0) is 31.8 Å². The lowest BCUT2D eigenvalue weighted by Crippen LogP contribution is -2.44. The van der Waals surface area contributed by atoms with E-state index in [0.29, 0.717) is 5.58 Å². The van der Waals surface area contributed by atoms with Gasteiger partial charge in [-0.15, -0.1) is 0 Å². The first-order chi connectivity index (χ1) is 8.67. The molecular formula is C12H15N3O3. The van der Waals surface area contributed by atoms with E-state index in [0.717, 1.165) is 11.1 Å². The van der Waals surface area contributed by atoms with Crippen LogP contribution in [0.25, 0.3) is 11.1 Å². The van der Waals surface area contributed by atoms with Crippen molar-refractivity contribution in [3.05, 3.63) is 30.2 Å². The summed E-state index contributed by atoms with van der Waals surface area (Å²) in [7, 11) is 3.35. The number of carboxylic acids is 1. The van der Waals surface area contributed by atoms with Gasteiger partial charge in [0.2, 0.25) is 0 Å². The summed E-state index contributed by atoms with van der Waals surface area (Å²) in [6.07, 6.45) is 1.37. The smallest absolute Gasteiger partial charge is 0.322 e. The molecule has 0 aliphatic rings. The van der Waals surface area contributed by atoms with Crippen LogP contribution >= 0.6 is 0 Å². The van der Waals surface area contributed by atoms with Gasteiger partial charge in [-0.2, -0.15) is 0 Å². The third-order valence-corrected chi connectivity index (χ3v) is 2.94. The molecule has 1 aromatic heterocycles. The Balaban J connectivity index is 2.39. The number of nitrogens with one attached hydrogen (secondary N) is 2. The number of aliphatic carboxylic acids is 1. The fourth-order valence-corrected chi connectivity index (χ4v) is 2.02. The van der Waals surface area contributed by atoms with Crippen molar-refractivity contribution in [2.45, 2.75) is 12.1 Å². The van der Waals surface area contributed by atoms with Crippen molar-refractivity contribution in [1.29, 1.82) is 0 Å². The lowest BCUT2D eigenvalue weighted by molar-refractivity contribution is -0.140. The molecule has 2 aromatic rings. The molecule has 0 aliphatic heterocycles. The Morgan fingerprint density at radius 2 is 2.17 bits per heavy atom. The molecule has 2 atom stereocenters. The SMILES string of the molecule is CNC(C(=O)O)C(NC)c1ccc2ncoc2c1. The second kappa shape index (κ2) is 5.16. The van der Waals surface area contributed by atoms with Crippen molar-refractivity contribution in [3.63, 3.8) is 0 Å². The Morgan fingerprint density at radius 3 is 2.78 bits per heavy atom. The number of nitrogens with zero attached hydrogens (tertiary/aromatic N) is 1. The van der Waals surface area contributed by atoms with Crippen molar-refractivity contribution < 1.29 is 14.3 Å². The van der Waals surface area contributed by atoms with Crippen LogP contribution in [0.3, 0.4) is 0 Å². The molecule has 6 nitrogen and oxygen atoms in total. The maximum absolute atomic E-state index is 11.2. The molecule has 0 amide bonds. The van der Waals surface area contributed by atoms with Gasteiger partial charge in [0.1, 0.15) is 11.6 Å². The summed E-state index contributed by atoms with van der Waals surface area (Å²) in [5.41, 5.74) is 2.24. The number of aromatic nitrogens is 1. The minimum Gasteiger partial charge on any atom is -0.480 e. The second-order valence-electron chi connectivity index (χ2n) is 3.95. The van der Waals surface area contributed by atoms with Crippen molar-refractivity contribution in [2.24, 2.45) is 0 Å². The summed E-state index contributed by atoms with van der Waals surface area (Å²) in [6, 6.07) is 4.40. The van der Waals surface area contributed by atoms with Gasteiger partial charge in [0.25, 0.3) is 0 Å². The van der Waals surface area contributed by atoms with Crippen LogP contribution in [-0.2, 0) is 4.79 Å². The van der Waals surface area contributed by atoms with E-state index in [1.54, 1.807) is 20.2 Å². The highest BCUT2D eigenvalue weighted by atomic mass is 16.4. The van der Waals surface area contributed by atoms with Gasteiger partial charge in [-0.25, -0.2) is 4.98 Å². The van der Waals surface area contributed by atoms with Crippen LogP contribution in [-0.4, -0.2) is 36.2 Å². The zero-order valence-electron chi connectivity index (χ0n) is 10.2. The summed E-state index contributed by atoms with van der Waals surface area (Å²) >= 11 is 0. The first-order valence-electron chi connectivity index (χ1n) is 5.58. The predicted molar refractivity (Wildman–Crippen MR) is 66.3 cm³/mol. The highest BCUT2D eigenvalue weighted by Gasteiger charge is 2.27. The lowest BCUT2D eigenvalue weighted by Gasteiger charge is -2.23. The first-order valence-corrected chi connectivity index (χ1v) is 5.58. The summed E-state index contributed by atoms with van der Waals surface area (Å²) in [4.78, 5) is 15.2. The molecular weight excluding hydrogens is 234 g/mol. The van der Waals surface area contributed by atoms with Crippen molar-refractivity contribution in [3.8, 4) is 0 Å². The van der Waals surface area contributed by atoms with Crippen LogP contribution in [0.1, 0.15) is 11.6 Å². The first kappa shape index (κ1) is 12.5. The fraction of sp³-hybridized carbons (Fsp3) is 0.333. The maximum atomic E-state index is 11.2. The van der Waals surface area contributed by atoms with Crippen LogP contribution in [0.2, 0.25) is 0 Å². The molecule has 6 heteroatoms. The zero-order chi connectivity index (χ0) is 13.1. The fourth-order valence-electron chi connectivity index (χ4n) is 2.02. The average Bonchev–Trinajstić information content (AvgIpc) is 2.82. The highest BCUT2D eigenvalue weighted by molar-refractivity contribution is 5.76. The Bertz CT molecular complexity index is 552. The molecule has 0 spiro atoms. The molecule has 3 N–H and O–H groups in total. The molecule has 18 heavy (non-hydrogen) atoms. The Hall–Kier alpha value is -1.92. The van der Waals surface area contributed by atoms with Gasteiger partial charge >= 0.3 is 5.97 Å². The third kappa shape index (κ3) is 2.20. The summed E-state index contributed by atoms with van der Waals surface area (Å²) in [5.74, 6) is -0.908. The standard InChI is InChI=1S/C12H15N3O3/c1-13-10(11(14-2)12(16)17)7-3-4-8-9(5-7)18-6-15-8/h3-6,10-11,13-14H,1-2H3,(H,16,17). The van der Waals surface area contributed by atoms with Crippen LogP contribution < -0.4 is 10.6 Å². The van der Waals surface area contributed by atoms with E-state index in [-0.39, 0.29) is 6.04 Å². The predicted octanol–water partition coefficient (Wildman–Crippen LogP) is 0.761. The summed E-state index contributed by atoms with van der Waals surface area (Å²) in [6.45, 7) is 0. The van der Waals surface area contributed by atoms with Gasteiger partial charge in [-0.3, -0.25) is 4.79 Å². The molecule has 0 aliphatic carbocycles. The van der Waals surface area contributed by atoms with E-state index < -0.39 is 12.0 Å². The van der Waals surface area contributed by atoms with Gasteiger partial charge in [-0.1, -0.05) is 6.07 Å². The largest absolute Gasteiger partial charge is 0.480 e. The second-order valence-corrected chi connectivity index (χ2v) is 3.95. The number of likely N-dealkylation sites (N-methyl/N-ethyl adjacent to an activating group) is 2. The van der Waals surface area contributed by atoms with Crippen LogP contribution in [0, 0.1) is 0 Å². The minimum absolute atomic E-state index is 0.345. The molecule has 0 bridgehead atoms. The molecule has 0 saturated heterocycles. The van der Waals surface area contributed by atoms with Gasteiger partial charge < -0.3 is 20.2 Å². The topological polar surface area (TPSA) is 87.4 Å². The number of carboxylic acid groups (broad SMARTS) is 1. The summed E-state index contributed by atoms with van der Waals surface area (Å²) in [5, 5.41) is 15.0. The lowest BCUT2D eigenvalue weighted by atomic mass is 9.99. The molecule has 2 rings (SSSR count). The van der Waals surface area contributed by atoms with E-state index in [1.807, 2.05) is 12.1 Å². The van der Waals surface area contributed by atoms with E-state index in [1.165, 1.54) is 6.39 Å². The zero-order valence-corrected chi connectivity index (χ0v) is 10.2. The van der Waals surface area contributed by atoms with Crippen molar-refractivity contribution in [2.75, 3.05) is 14.1 Å². The number of oxazole rings is 1. The maximum Gasteiger partial charge on any atom is 0.322 e. The Labute approximate surface area is 104 Å². The molecule has 0 fully saturated rings. The van der Waals surface area contributed by atoms with Crippen LogP contribution in [0.5, 0.6) is 0 Å². The molecule has 1 heterocycles. The number of carbonyl (C=O) groups is 1. The van der Waals surface area contributed by atoms with Crippen LogP contribution in [0.4, 0.5) is 0 Å². The van der Waals surface area contributed by atoms with Gasteiger partial charge in [0, 0.05) is 0 Å². The molecule has 0 radical (unpaired) electrons. The van der Waals surface area contributed by atoms with E-state index in [2.05, 4.69) is 15.6 Å². The molecule has 0 saturated carbocycles. The minimum atomic E-state index is -0.908. The Morgan fingerprint density at radius 1 is 1.39 bits per heavy atom. The van der Waals surface area contributed by atoms with E-state index >= 15 is 0 Å². The average molecular weight is 249 g/mol. The normalized spacial score (nSPS) is 14.6. The molecule has 96 valence electrons. The summed E-state index contributed by atoms with van der Waals surface area (Å²) < 4.78 is 5.22. The van der Waals surface area contributed by atoms with Crippen molar-refractivity contribution >= 4 is 17.1 Å². The molecule has 1 aromatic carbocycles. The van der Waals surface area contributed by atoms with Crippen molar-refractivity contribution in [1.82, 2.24) is 15.6 Å². The van der Waals surface area contributed by atoms with Gasteiger partial charge in [0.15, 0.2) is 12.0 Å². The Kier molecular flexibility index (Phi) is 3.59. The van der Waals surface area contributed by atoms with E-state index in [4.69, 9.17) is 4.42 Å². The number of hydrogen-bond acceptors (Lipinski definition) is 5. The van der Waals surface area contributed by atoms with E-state index in [9.17, 15) is 9.90 Å².